The second kappa shape index (κ2) is 11.4. The van der Waals surface area contributed by atoms with E-state index in [1.807, 2.05) is 0 Å². The fourth-order valence-electron chi connectivity index (χ4n) is 2.79. The second-order valence-electron chi connectivity index (χ2n) is 6.65. The normalized spacial score (nSPS) is 17.4. The summed E-state index contributed by atoms with van der Waals surface area (Å²) in [7, 11) is 0. The Labute approximate surface area is 154 Å². The minimum absolute atomic E-state index is 0.154. The Morgan fingerprint density at radius 3 is 1.88 bits per heavy atom. The molecule has 1 rings (SSSR count). The highest BCUT2D eigenvalue weighted by atomic mass is 16.6. The van der Waals surface area contributed by atoms with E-state index >= 15 is 0 Å². The van der Waals surface area contributed by atoms with Crippen molar-refractivity contribution in [3.63, 3.8) is 0 Å². The number of ether oxygens (including phenoxy) is 3. The van der Waals surface area contributed by atoms with Crippen molar-refractivity contribution < 1.29 is 33.4 Å². The number of carbonyl (C=O) groups is 4. The van der Waals surface area contributed by atoms with Crippen LogP contribution in [-0.4, -0.2) is 43.0 Å². The third-order valence-corrected chi connectivity index (χ3v) is 4.25. The zero-order chi connectivity index (χ0) is 19.4. The van der Waals surface area contributed by atoms with E-state index in [-0.39, 0.29) is 5.57 Å². The molecule has 1 fully saturated rings. The lowest BCUT2D eigenvalue weighted by Gasteiger charge is -2.29. The summed E-state index contributed by atoms with van der Waals surface area (Å²) < 4.78 is 14.7. The largest absolute Gasteiger partial charge is 0.451 e. The van der Waals surface area contributed by atoms with Crippen molar-refractivity contribution >= 4 is 24.2 Å². The van der Waals surface area contributed by atoms with Crippen LogP contribution in [0.5, 0.6) is 0 Å². The highest BCUT2D eigenvalue weighted by Gasteiger charge is 2.33. The van der Waals surface area contributed by atoms with E-state index in [1.165, 1.54) is 13.3 Å². The van der Waals surface area contributed by atoms with E-state index in [0.717, 1.165) is 38.5 Å². The zero-order valence-corrected chi connectivity index (χ0v) is 15.4. The highest BCUT2D eigenvalue weighted by Crippen LogP contribution is 2.27. The van der Waals surface area contributed by atoms with Crippen LogP contribution in [0.25, 0.3) is 0 Å². The lowest BCUT2D eigenvalue weighted by Crippen LogP contribution is -2.38. The molecule has 0 saturated heterocycles. The van der Waals surface area contributed by atoms with Crippen molar-refractivity contribution in [2.24, 2.45) is 0 Å². The lowest BCUT2D eigenvalue weighted by molar-refractivity contribution is -0.174. The molecule has 0 aliphatic heterocycles. The Bertz CT molecular complexity index is 514. The van der Waals surface area contributed by atoms with Crippen LogP contribution in [0.15, 0.2) is 12.2 Å². The van der Waals surface area contributed by atoms with E-state index < -0.39 is 36.7 Å². The first kappa shape index (κ1) is 21.9. The Hall–Kier alpha value is -2.18. The minimum atomic E-state index is -1.15. The molecule has 0 radical (unpaired) electrons. The van der Waals surface area contributed by atoms with Gasteiger partial charge in [0.25, 0.3) is 0 Å². The van der Waals surface area contributed by atoms with Crippen molar-refractivity contribution in [1.82, 2.24) is 0 Å². The van der Waals surface area contributed by atoms with Crippen LogP contribution in [0.2, 0.25) is 0 Å². The molecule has 0 unspecified atom stereocenters. The molecule has 0 spiro atoms. The number of carbonyl (C=O) groups excluding carboxylic acids is 4. The Balaban J connectivity index is 2.46. The van der Waals surface area contributed by atoms with Crippen LogP contribution in [0.3, 0.4) is 0 Å². The van der Waals surface area contributed by atoms with Gasteiger partial charge < -0.3 is 14.2 Å². The topological polar surface area (TPSA) is 96.0 Å². The first-order valence-electron chi connectivity index (χ1n) is 9.05. The van der Waals surface area contributed by atoms with Gasteiger partial charge in [-0.3, -0.25) is 4.79 Å². The minimum Gasteiger partial charge on any atom is -0.451 e. The summed E-state index contributed by atoms with van der Waals surface area (Å²) in [5.41, 5.74) is -0.992. The molecule has 0 aromatic rings. The van der Waals surface area contributed by atoms with Gasteiger partial charge in [0.15, 0.2) is 25.1 Å². The number of esters is 3. The molecular formula is C19H28O7. The van der Waals surface area contributed by atoms with Gasteiger partial charge in [-0.1, -0.05) is 38.7 Å². The summed E-state index contributed by atoms with van der Waals surface area (Å²) in [4.78, 5) is 46.3. The number of hydrogen-bond donors (Lipinski definition) is 0. The summed E-state index contributed by atoms with van der Waals surface area (Å²) >= 11 is 0. The molecule has 0 N–H and O–H groups in total. The van der Waals surface area contributed by atoms with Gasteiger partial charge in [0.1, 0.15) is 0 Å². The molecular weight excluding hydrogens is 340 g/mol. The zero-order valence-electron chi connectivity index (χ0n) is 15.4. The third-order valence-electron chi connectivity index (χ3n) is 4.25. The average Bonchev–Trinajstić information content (AvgIpc) is 2.63. The molecule has 7 nitrogen and oxygen atoms in total. The molecule has 0 aromatic carbocycles. The predicted octanol–water partition coefficient (Wildman–Crippen LogP) is 2.65. The first-order chi connectivity index (χ1) is 12.4. The van der Waals surface area contributed by atoms with Crippen LogP contribution in [0.1, 0.15) is 64.7 Å². The molecule has 0 atom stereocenters. The van der Waals surface area contributed by atoms with Crippen molar-refractivity contribution in [1.29, 1.82) is 0 Å². The van der Waals surface area contributed by atoms with Crippen LogP contribution in [0, 0.1) is 0 Å². The van der Waals surface area contributed by atoms with Crippen LogP contribution >= 0.6 is 0 Å². The number of hydrogen-bond acceptors (Lipinski definition) is 7. The predicted molar refractivity (Wildman–Crippen MR) is 93.2 cm³/mol. The summed E-state index contributed by atoms with van der Waals surface area (Å²) in [6.07, 6.45) is 8.69. The second-order valence-corrected chi connectivity index (χ2v) is 6.65. The van der Waals surface area contributed by atoms with E-state index in [1.54, 1.807) is 0 Å². The Morgan fingerprint density at radius 2 is 1.38 bits per heavy atom. The quantitative estimate of drug-likeness (QED) is 0.295. The van der Waals surface area contributed by atoms with Gasteiger partial charge >= 0.3 is 17.9 Å². The van der Waals surface area contributed by atoms with E-state index in [0.29, 0.717) is 19.1 Å². The summed E-state index contributed by atoms with van der Waals surface area (Å²) in [6, 6.07) is 0. The molecule has 1 saturated carbocycles. The summed E-state index contributed by atoms with van der Waals surface area (Å²) in [5, 5.41) is 0. The number of aldehydes is 1. The maximum atomic E-state index is 12.0. The molecule has 0 aromatic heterocycles. The Kier molecular flexibility index (Phi) is 9.62. The maximum absolute atomic E-state index is 12.0. The summed E-state index contributed by atoms with van der Waals surface area (Å²) in [5.74, 6) is -2.37. The van der Waals surface area contributed by atoms with Crippen molar-refractivity contribution in [3.8, 4) is 0 Å². The standard InChI is InChI=1S/C19H28O7/c1-15(2)18(23)25-12-16(21)24-13-17(22)26-19(14-20)10-8-6-4-3-5-7-9-11-19/h14H,1,3-13H2,2H3. The maximum Gasteiger partial charge on any atom is 0.345 e. The fourth-order valence-corrected chi connectivity index (χ4v) is 2.79. The molecule has 146 valence electrons. The monoisotopic (exact) mass is 368 g/mol. The molecule has 0 heterocycles. The van der Waals surface area contributed by atoms with Crippen molar-refractivity contribution in [3.05, 3.63) is 12.2 Å². The van der Waals surface area contributed by atoms with Crippen LogP contribution in [0.4, 0.5) is 0 Å². The van der Waals surface area contributed by atoms with Gasteiger partial charge in [0.05, 0.1) is 0 Å². The van der Waals surface area contributed by atoms with Crippen LogP contribution < -0.4 is 0 Å². The van der Waals surface area contributed by atoms with E-state index in [9.17, 15) is 19.2 Å². The van der Waals surface area contributed by atoms with E-state index in [4.69, 9.17) is 9.47 Å². The van der Waals surface area contributed by atoms with Crippen LogP contribution in [-0.2, 0) is 33.4 Å². The van der Waals surface area contributed by atoms with Gasteiger partial charge in [-0.25, -0.2) is 14.4 Å². The average molecular weight is 368 g/mol. The molecule has 26 heavy (non-hydrogen) atoms. The molecule has 1 aliphatic carbocycles. The lowest BCUT2D eigenvalue weighted by atomic mass is 9.89. The molecule has 0 bridgehead atoms. The van der Waals surface area contributed by atoms with Gasteiger partial charge in [-0.2, -0.15) is 0 Å². The first-order valence-corrected chi connectivity index (χ1v) is 9.05. The fraction of sp³-hybridized carbons (Fsp3) is 0.684. The van der Waals surface area contributed by atoms with Crippen molar-refractivity contribution in [2.75, 3.05) is 13.2 Å². The van der Waals surface area contributed by atoms with E-state index in [2.05, 4.69) is 11.3 Å². The SMILES string of the molecule is C=C(C)C(=O)OCC(=O)OCC(=O)OC1(C=O)CCCCCCCCC1. The highest BCUT2D eigenvalue weighted by molar-refractivity contribution is 5.88. The third kappa shape index (κ3) is 8.27. The van der Waals surface area contributed by atoms with Gasteiger partial charge in [0.2, 0.25) is 0 Å². The number of rotatable bonds is 7. The van der Waals surface area contributed by atoms with Gasteiger partial charge in [0, 0.05) is 5.57 Å². The van der Waals surface area contributed by atoms with Gasteiger partial charge in [-0.15, -0.1) is 0 Å². The molecule has 7 heteroatoms. The molecule has 1 aliphatic rings. The summed E-state index contributed by atoms with van der Waals surface area (Å²) in [6.45, 7) is 3.59. The molecule has 0 amide bonds. The smallest absolute Gasteiger partial charge is 0.345 e. The van der Waals surface area contributed by atoms with Gasteiger partial charge in [-0.05, 0) is 32.6 Å². The Morgan fingerprint density at radius 1 is 0.885 bits per heavy atom. The van der Waals surface area contributed by atoms with Crippen molar-refractivity contribution in [2.45, 2.75) is 70.3 Å².